The quantitative estimate of drug-likeness (QED) is 0.159. The number of Topliss-reactive ketones (excluding diaryl/α,β-unsaturated/α-hetero) is 1. The van der Waals surface area contributed by atoms with Crippen molar-refractivity contribution < 1.29 is 42.2 Å². The zero-order valence-electron chi connectivity index (χ0n) is 26.4. The highest BCUT2D eigenvalue weighted by molar-refractivity contribution is 5.88. The van der Waals surface area contributed by atoms with Gasteiger partial charge in [-0.05, 0) is 56.7 Å². The van der Waals surface area contributed by atoms with Gasteiger partial charge in [-0.15, -0.1) is 0 Å². The van der Waals surface area contributed by atoms with Crippen molar-refractivity contribution in [1.82, 2.24) is 20.9 Å². The molecule has 10 nitrogen and oxygen atoms in total. The molecule has 1 aliphatic carbocycles. The van der Waals surface area contributed by atoms with Crippen LogP contribution in [0.15, 0.2) is 60.8 Å². The second-order valence-corrected chi connectivity index (χ2v) is 12.2. The van der Waals surface area contributed by atoms with Crippen molar-refractivity contribution in [3.8, 4) is 0 Å². The van der Waals surface area contributed by atoms with Crippen LogP contribution < -0.4 is 16.0 Å². The van der Waals surface area contributed by atoms with E-state index in [1.165, 1.54) is 6.92 Å². The maximum atomic E-state index is 14.8. The number of carbonyl (C=O) groups is 4. The summed E-state index contributed by atoms with van der Waals surface area (Å²) in [6.45, 7) is 2.42. The van der Waals surface area contributed by atoms with Crippen LogP contribution in [0.1, 0.15) is 63.0 Å². The minimum atomic E-state index is -4.69. The number of hydrogen-bond donors (Lipinski definition) is 5. The molecule has 2 amide bonds. The number of rotatable bonds is 14. The van der Waals surface area contributed by atoms with Crippen LogP contribution in [0.4, 0.5) is 18.0 Å². The molecule has 5 atom stereocenters. The van der Waals surface area contributed by atoms with Crippen LogP contribution in [0.3, 0.4) is 0 Å². The Morgan fingerprint density at radius 3 is 2.45 bits per heavy atom. The fourth-order valence-electron chi connectivity index (χ4n) is 6.23. The SMILES string of the molecule is CC(NC(=O)O[C@H]1CCCC(c2c[nH]c3ccccc23)C1(C)C(F)(F)F)C(=O)CN[C@@H](CNC(=O)CCC(=O)O)Cc1ccccc1. The van der Waals surface area contributed by atoms with Gasteiger partial charge in [0, 0.05) is 42.0 Å². The maximum Gasteiger partial charge on any atom is 0.408 e. The van der Waals surface area contributed by atoms with E-state index in [9.17, 15) is 32.3 Å². The summed E-state index contributed by atoms with van der Waals surface area (Å²) < 4.78 is 50.0. The number of nitrogens with one attached hydrogen (secondary N) is 4. The highest BCUT2D eigenvalue weighted by Gasteiger charge is 2.63. The Balaban J connectivity index is 1.38. The molecule has 3 unspecified atom stereocenters. The summed E-state index contributed by atoms with van der Waals surface area (Å²) in [7, 11) is 0. The third-order valence-corrected chi connectivity index (χ3v) is 9.03. The fraction of sp³-hybridized carbons (Fsp3) is 0.471. The number of para-hydroxylation sites is 1. The van der Waals surface area contributed by atoms with Gasteiger partial charge in [-0.3, -0.25) is 14.4 Å². The van der Waals surface area contributed by atoms with Crippen molar-refractivity contribution in [3.05, 3.63) is 71.9 Å². The maximum absolute atomic E-state index is 14.8. The second-order valence-electron chi connectivity index (χ2n) is 12.2. The van der Waals surface area contributed by atoms with Gasteiger partial charge in [0.2, 0.25) is 5.91 Å². The normalized spacial score (nSPS) is 21.0. The molecule has 0 radical (unpaired) electrons. The molecule has 1 aliphatic rings. The van der Waals surface area contributed by atoms with E-state index in [2.05, 4.69) is 20.9 Å². The first kappa shape index (κ1) is 35.5. The average molecular weight is 659 g/mol. The largest absolute Gasteiger partial charge is 0.481 e. The fourth-order valence-corrected chi connectivity index (χ4v) is 6.23. The zero-order valence-corrected chi connectivity index (χ0v) is 26.4. The summed E-state index contributed by atoms with van der Waals surface area (Å²) in [5, 5.41) is 17.6. The van der Waals surface area contributed by atoms with E-state index < -0.39 is 59.4 Å². The average Bonchev–Trinajstić information content (AvgIpc) is 3.46. The third kappa shape index (κ3) is 8.91. The molecule has 0 spiro atoms. The van der Waals surface area contributed by atoms with Gasteiger partial charge in [0.05, 0.1) is 19.0 Å². The number of fused-ring (bicyclic) bond motifs is 1. The first-order valence-electron chi connectivity index (χ1n) is 15.7. The number of alkyl carbamates (subject to hydrolysis) is 1. The van der Waals surface area contributed by atoms with E-state index in [4.69, 9.17) is 9.84 Å². The summed E-state index contributed by atoms with van der Waals surface area (Å²) in [5.74, 6) is -2.95. The monoisotopic (exact) mass is 658 g/mol. The number of aromatic amines is 1. The molecule has 1 heterocycles. The lowest BCUT2D eigenvalue weighted by molar-refractivity contribution is -0.264. The molecule has 1 aromatic heterocycles. The van der Waals surface area contributed by atoms with Gasteiger partial charge >= 0.3 is 18.2 Å². The van der Waals surface area contributed by atoms with E-state index in [1.54, 1.807) is 30.5 Å². The van der Waals surface area contributed by atoms with Crippen molar-refractivity contribution in [2.45, 2.75) is 82.7 Å². The Morgan fingerprint density at radius 2 is 1.74 bits per heavy atom. The number of carboxylic acid groups (broad SMARTS) is 1. The highest BCUT2D eigenvalue weighted by Crippen LogP contribution is 2.58. The Labute approximate surface area is 270 Å². The lowest BCUT2D eigenvalue weighted by Crippen LogP contribution is -2.55. The zero-order chi connectivity index (χ0) is 34.2. The molecule has 13 heteroatoms. The van der Waals surface area contributed by atoms with E-state index in [0.29, 0.717) is 23.8 Å². The number of H-pyrrole nitrogens is 1. The van der Waals surface area contributed by atoms with Crippen molar-refractivity contribution in [3.63, 3.8) is 0 Å². The molecule has 2 aromatic carbocycles. The molecule has 47 heavy (non-hydrogen) atoms. The number of aliphatic carboxylic acids is 1. The predicted octanol–water partition coefficient (Wildman–Crippen LogP) is 5.24. The van der Waals surface area contributed by atoms with Crippen molar-refractivity contribution in [2.24, 2.45) is 5.41 Å². The van der Waals surface area contributed by atoms with Gasteiger partial charge in [0.25, 0.3) is 0 Å². The smallest absolute Gasteiger partial charge is 0.408 e. The molecule has 0 saturated heterocycles. The summed E-state index contributed by atoms with van der Waals surface area (Å²) in [6.07, 6.45) is -5.04. The minimum absolute atomic E-state index is 0.0194. The summed E-state index contributed by atoms with van der Waals surface area (Å²) in [6, 6.07) is 14.9. The van der Waals surface area contributed by atoms with Crippen molar-refractivity contribution >= 4 is 34.7 Å². The second kappa shape index (κ2) is 15.5. The van der Waals surface area contributed by atoms with Gasteiger partial charge < -0.3 is 30.8 Å². The number of carboxylic acids is 1. The molecular formula is C34H41F3N4O6. The Kier molecular flexibility index (Phi) is 11.7. The van der Waals surface area contributed by atoms with Gasteiger partial charge in [0.1, 0.15) is 11.5 Å². The molecule has 3 aromatic rings. The molecule has 0 bridgehead atoms. The van der Waals surface area contributed by atoms with Crippen LogP contribution in [0, 0.1) is 5.41 Å². The van der Waals surface area contributed by atoms with Gasteiger partial charge in [0.15, 0.2) is 5.78 Å². The number of amides is 2. The predicted molar refractivity (Wildman–Crippen MR) is 169 cm³/mol. The first-order chi connectivity index (χ1) is 22.3. The standard InChI is InChI=1S/C34H41F3N4O6/c1-21(28(42)20-38-23(17-22-9-4-3-5-10-22)18-40-30(43)15-16-31(44)45)41-32(46)47-29-14-8-12-26(33(29,2)34(35,36)37)25-19-39-27-13-7-6-11-24(25)27/h3-7,9-11,13,19,21,23,26,29,38-39H,8,12,14-18,20H2,1-2H3,(H,40,43)(H,41,46)(H,44,45)/t21?,23-,26?,29+,33?/m1/s1. The van der Waals surface area contributed by atoms with E-state index in [0.717, 1.165) is 18.0 Å². The number of carbonyl (C=O) groups excluding carboxylic acids is 3. The lowest BCUT2D eigenvalue weighted by Gasteiger charge is -2.47. The molecule has 4 rings (SSSR count). The Morgan fingerprint density at radius 1 is 1.04 bits per heavy atom. The number of halogens is 3. The van der Waals surface area contributed by atoms with Crippen LogP contribution in [0.5, 0.6) is 0 Å². The molecule has 254 valence electrons. The van der Waals surface area contributed by atoms with Crippen molar-refractivity contribution in [2.75, 3.05) is 13.1 Å². The number of benzene rings is 2. The number of hydrogen-bond acceptors (Lipinski definition) is 6. The first-order valence-corrected chi connectivity index (χ1v) is 15.7. The Bertz CT molecular complexity index is 1550. The van der Waals surface area contributed by atoms with E-state index in [-0.39, 0.29) is 38.8 Å². The van der Waals surface area contributed by atoms with E-state index in [1.807, 2.05) is 30.3 Å². The van der Waals surface area contributed by atoms with Crippen molar-refractivity contribution in [1.29, 1.82) is 0 Å². The summed E-state index contributed by atoms with van der Waals surface area (Å²) in [4.78, 5) is 51.8. The molecule has 5 N–H and O–H groups in total. The van der Waals surface area contributed by atoms with Gasteiger partial charge in [-0.2, -0.15) is 13.2 Å². The van der Waals surface area contributed by atoms with Crippen LogP contribution in [0.25, 0.3) is 10.9 Å². The minimum Gasteiger partial charge on any atom is -0.481 e. The molecule has 1 saturated carbocycles. The topological polar surface area (TPSA) is 150 Å². The third-order valence-electron chi connectivity index (χ3n) is 9.03. The van der Waals surface area contributed by atoms with Gasteiger partial charge in [-0.1, -0.05) is 48.5 Å². The van der Waals surface area contributed by atoms with Crippen LogP contribution in [-0.4, -0.2) is 71.3 Å². The molecule has 1 fully saturated rings. The molecule has 0 aliphatic heterocycles. The number of ether oxygens (including phenoxy) is 1. The number of alkyl halides is 3. The van der Waals surface area contributed by atoms with Gasteiger partial charge in [-0.25, -0.2) is 4.79 Å². The number of aromatic nitrogens is 1. The van der Waals surface area contributed by atoms with Crippen LogP contribution in [-0.2, 0) is 25.5 Å². The van der Waals surface area contributed by atoms with E-state index >= 15 is 0 Å². The summed E-state index contributed by atoms with van der Waals surface area (Å²) in [5.41, 5.74) is -0.201. The molecular weight excluding hydrogens is 617 g/mol. The number of ketones is 1. The Hall–Kier alpha value is -4.39. The summed E-state index contributed by atoms with van der Waals surface area (Å²) >= 11 is 0. The van der Waals surface area contributed by atoms with Crippen LogP contribution >= 0.6 is 0 Å². The van der Waals surface area contributed by atoms with Crippen LogP contribution in [0.2, 0.25) is 0 Å². The lowest BCUT2D eigenvalue weighted by atomic mass is 9.62. The highest BCUT2D eigenvalue weighted by atomic mass is 19.4.